The molecule has 0 saturated carbocycles. The molecular formula is C19H23N3O7S. The summed E-state index contributed by atoms with van der Waals surface area (Å²) >= 11 is 0.644. The molecule has 3 amide bonds. The second-order valence-electron chi connectivity index (χ2n) is 6.50. The first-order valence-electron chi connectivity index (χ1n) is 9.31. The van der Waals surface area contributed by atoms with Crippen molar-refractivity contribution in [2.24, 2.45) is 0 Å². The Morgan fingerprint density at radius 3 is 2.47 bits per heavy atom. The molecule has 0 atom stereocenters. The van der Waals surface area contributed by atoms with Gasteiger partial charge in [-0.25, -0.2) is 0 Å². The summed E-state index contributed by atoms with van der Waals surface area (Å²) in [6.07, 6.45) is 2.81. The maximum Gasteiger partial charge on any atom is 0.315 e. The van der Waals surface area contributed by atoms with Crippen LogP contribution < -0.4 is 4.74 Å². The van der Waals surface area contributed by atoms with Gasteiger partial charge in [-0.2, -0.15) is 0 Å². The topological polar surface area (TPSA) is 130 Å². The summed E-state index contributed by atoms with van der Waals surface area (Å²) in [6.45, 7) is 4.58. The average Bonchev–Trinajstić information content (AvgIpc) is 2.96. The Morgan fingerprint density at radius 1 is 1.30 bits per heavy atom. The van der Waals surface area contributed by atoms with Crippen molar-refractivity contribution in [3.8, 4) is 11.5 Å². The summed E-state index contributed by atoms with van der Waals surface area (Å²) in [5.41, 5.74) is -0.392. The number of methoxy groups -OCH3 is 1. The van der Waals surface area contributed by atoms with E-state index in [9.17, 15) is 29.6 Å². The van der Waals surface area contributed by atoms with Crippen molar-refractivity contribution < 1.29 is 29.2 Å². The largest absolute Gasteiger partial charge is 0.500 e. The zero-order chi connectivity index (χ0) is 22.4. The van der Waals surface area contributed by atoms with Gasteiger partial charge in [0.05, 0.1) is 16.9 Å². The third-order valence-electron chi connectivity index (χ3n) is 4.30. The first-order chi connectivity index (χ1) is 14.2. The van der Waals surface area contributed by atoms with Gasteiger partial charge in [0, 0.05) is 19.2 Å². The molecule has 0 aliphatic carbocycles. The number of thioether (sulfide) groups is 1. The van der Waals surface area contributed by atoms with Crippen molar-refractivity contribution in [1.82, 2.24) is 9.80 Å². The summed E-state index contributed by atoms with van der Waals surface area (Å²) in [6, 6.07) is 2.38. The van der Waals surface area contributed by atoms with Crippen molar-refractivity contribution in [1.29, 1.82) is 0 Å². The van der Waals surface area contributed by atoms with Crippen LogP contribution in [-0.2, 0) is 9.59 Å². The van der Waals surface area contributed by atoms with E-state index >= 15 is 0 Å². The van der Waals surface area contributed by atoms with Crippen molar-refractivity contribution in [3.63, 3.8) is 0 Å². The van der Waals surface area contributed by atoms with Crippen LogP contribution in [0.1, 0.15) is 32.3 Å². The van der Waals surface area contributed by atoms with E-state index in [4.69, 9.17) is 4.74 Å². The van der Waals surface area contributed by atoms with Crippen molar-refractivity contribution >= 4 is 40.6 Å². The number of imide groups is 1. The van der Waals surface area contributed by atoms with Crippen LogP contribution in [0.4, 0.5) is 10.5 Å². The number of aromatic hydroxyl groups is 1. The number of phenols is 1. The van der Waals surface area contributed by atoms with Gasteiger partial charge in [-0.3, -0.25) is 29.4 Å². The van der Waals surface area contributed by atoms with E-state index in [1.54, 1.807) is 4.90 Å². The highest BCUT2D eigenvalue weighted by atomic mass is 32.2. The fourth-order valence-electron chi connectivity index (χ4n) is 2.92. The highest BCUT2D eigenvalue weighted by molar-refractivity contribution is 8.18. The number of nitro groups is 1. The van der Waals surface area contributed by atoms with Gasteiger partial charge >= 0.3 is 5.69 Å². The van der Waals surface area contributed by atoms with Gasteiger partial charge in [-0.1, -0.05) is 13.8 Å². The average molecular weight is 437 g/mol. The van der Waals surface area contributed by atoms with Crippen LogP contribution >= 0.6 is 11.8 Å². The molecule has 0 unspecified atom stereocenters. The highest BCUT2D eigenvalue weighted by Crippen LogP contribution is 2.39. The summed E-state index contributed by atoms with van der Waals surface area (Å²) in [4.78, 5) is 50.3. The first kappa shape index (κ1) is 23.2. The molecule has 1 N–H and O–H groups in total. The zero-order valence-corrected chi connectivity index (χ0v) is 17.7. The summed E-state index contributed by atoms with van der Waals surface area (Å²) in [5, 5.41) is 20.4. The monoisotopic (exact) mass is 437 g/mol. The molecule has 1 aromatic carbocycles. The van der Waals surface area contributed by atoms with Crippen LogP contribution in [0.15, 0.2) is 17.0 Å². The van der Waals surface area contributed by atoms with Gasteiger partial charge in [0.15, 0.2) is 5.75 Å². The molecule has 1 aliphatic heterocycles. The molecule has 162 valence electrons. The number of hydrogen-bond donors (Lipinski definition) is 1. The minimum Gasteiger partial charge on any atom is -0.500 e. The normalized spacial score (nSPS) is 15.0. The molecule has 1 aliphatic rings. The quantitative estimate of drug-likeness (QED) is 0.354. The minimum absolute atomic E-state index is 0.0207. The van der Waals surface area contributed by atoms with Crippen LogP contribution in [0, 0.1) is 10.1 Å². The number of amides is 3. The van der Waals surface area contributed by atoms with E-state index in [1.807, 2.05) is 13.8 Å². The number of phenolic OH excluding ortho intramolecular Hbond substituents is 1. The number of hydrogen-bond acceptors (Lipinski definition) is 8. The summed E-state index contributed by atoms with van der Waals surface area (Å²) in [7, 11) is 1.24. The summed E-state index contributed by atoms with van der Waals surface area (Å²) < 4.78 is 4.93. The lowest BCUT2D eigenvalue weighted by atomic mass is 10.1. The van der Waals surface area contributed by atoms with Crippen molar-refractivity contribution in [3.05, 3.63) is 32.7 Å². The number of benzene rings is 1. The Balaban J connectivity index is 2.27. The minimum atomic E-state index is -0.782. The molecule has 1 aromatic rings. The van der Waals surface area contributed by atoms with Crippen LogP contribution in [0.25, 0.3) is 6.08 Å². The molecule has 1 heterocycles. The molecule has 0 radical (unpaired) electrons. The molecule has 30 heavy (non-hydrogen) atoms. The highest BCUT2D eigenvalue weighted by Gasteiger charge is 2.37. The van der Waals surface area contributed by atoms with E-state index in [2.05, 4.69) is 0 Å². The fraction of sp³-hybridized carbons (Fsp3) is 0.421. The van der Waals surface area contributed by atoms with Crippen LogP contribution in [0.5, 0.6) is 11.5 Å². The van der Waals surface area contributed by atoms with Crippen LogP contribution in [0.2, 0.25) is 0 Å². The molecule has 1 fully saturated rings. The maximum absolute atomic E-state index is 12.7. The van der Waals surface area contributed by atoms with E-state index < -0.39 is 27.5 Å². The second-order valence-corrected chi connectivity index (χ2v) is 7.49. The van der Waals surface area contributed by atoms with Gasteiger partial charge in [0.1, 0.15) is 6.54 Å². The van der Waals surface area contributed by atoms with E-state index in [0.717, 1.165) is 23.8 Å². The fourth-order valence-corrected chi connectivity index (χ4v) is 3.75. The van der Waals surface area contributed by atoms with Gasteiger partial charge < -0.3 is 14.7 Å². The first-order valence-corrected chi connectivity index (χ1v) is 10.1. The van der Waals surface area contributed by atoms with E-state index in [0.29, 0.717) is 24.9 Å². The molecule has 0 spiro atoms. The lowest BCUT2D eigenvalue weighted by Gasteiger charge is -2.23. The van der Waals surface area contributed by atoms with Crippen molar-refractivity contribution in [2.45, 2.75) is 26.7 Å². The smallest absolute Gasteiger partial charge is 0.315 e. The Bertz CT molecular complexity index is 894. The number of rotatable bonds is 9. The number of nitrogens with zero attached hydrogens (tertiary/aromatic N) is 3. The maximum atomic E-state index is 12.7. The third-order valence-corrected chi connectivity index (χ3v) is 5.21. The molecule has 11 heteroatoms. The molecule has 0 aromatic heterocycles. The van der Waals surface area contributed by atoms with E-state index in [1.165, 1.54) is 19.3 Å². The Hall–Kier alpha value is -3.08. The van der Waals surface area contributed by atoms with Crippen LogP contribution in [0.3, 0.4) is 0 Å². The number of carbonyl (C=O) groups excluding carboxylic acids is 3. The molecule has 2 rings (SSSR count). The Morgan fingerprint density at radius 2 is 1.93 bits per heavy atom. The van der Waals surface area contributed by atoms with Gasteiger partial charge in [0.25, 0.3) is 11.1 Å². The Kier molecular flexibility index (Phi) is 7.81. The number of carbonyl (C=O) groups is 3. The molecule has 10 nitrogen and oxygen atoms in total. The predicted octanol–water partition coefficient (Wildman–Crippen LogP) is 2.99. The van der Waals surface area contributed by atoms with E-state index in [-0.39, 0.29) is 28.7 Å². The lowest BCUT2D eigenvalue weighted by Crippen LogP contribution is -2.42. The van der Waals surface area contributed by atoms with Gasteiger partial charge in [-0.15, -0.1) is 0 Å². The molecular weight excluding hydrogens is 414 g/mol. The van der Waals surface area contributed by atoms with Crippen molar-refractivity contribution in [2.75, 3.05) is 26.7 Å². The standard InChI is InChI=1S/C19H23N3O7S/c1-4-6-20(7-5-2)16(23)11-21-18(25)15(30-19(21)26)10-12-8-13(22(27)28)17(24)14(9-12)29-3/h8-10,24H,4-7,11H2,1-3H3/b15-10-. The predicted molar refractivity (Wildman–Crippen MR) is 111 cm³/mol. The Labute approximate surface area is 177 Å². The second kappa shape index (κ2) is 10.1. The SMILES string of the molecule is CCCN(CCC)C(=O)CN1C(=O)S/C(=C\c2cc(OC)c(O)c([N+](=O)[O-])c2)C1=O. The van der Waals surface area contributed by atoms with Crippen LogP contribution in [-0.4, -0.2) is 63.6 Å². The lowest BCUT2D eigenvalue weighted by molar-refractivity contribution is -0.386. The number of ether oxygens (including phenoxy) is 1. The zero-order valence-electron chi connectivity index (χ0n) is 16.9. The summed E-state index contributed by atoms with van der Waals surface area (Å²) in [5.74, 6) is -1.74. The molecule has 0 bridgehead atoms. The van der Waals surface area contributed by atoms with Gasteiger partial charge in [0.2, 0.25) is 11.7 Å². The van der Waals surface area contributed by atoms with Gasteiger partial charge in [-0.05, 0) is 42.3 Å². The third kappa shape index (κ3) is 5.09. The molecule has 1 saturated heterocycles. The number of nitro benzene ring substituents is 1.